The smallest absolute Gasteiger partial charge is 0.189 e. The molecule has 0 saturated heterocycles. The van der Waals surface area contributed by atoms with Gasteiger partial charge in [0.1, 0.15) is 4.21 Å². The van der Waals surface area contributed by atoms with E-state index in [-0.39, 0.29) is 5.75 Å². The Morgan fingerprint density at radius 2 is 2.13 bits per heavy atom. The number of hydrogen-bond acceptors (Lipinski definition) is 4. The highest BCUT2D eigenvalue weighted by atomic mass is 79.9. The summed E-state index contributed by atoms with van der Waals surface area (Å²) in [5, 5.41) is 3.09. The highest BCUT2D eigenvalue weighted by molar-refractivity contribution is 9.11. The van der Waals surface area contributed by atoms with Crippen molar-refractivity contribution in [3.63, 3.8) is 0 Å². The molecule has 1 heterocycles. The molecule has 1 aromatic heterocycles. The van der Waals surface area contributed by atoms with Crippen LogP contribution in [0.1, 0.15) is 13.8 Å². The maximum Gasteiger partial charge on any atom is 0.189 e. The van der Waals surface area contributed by atoms with Gasteiger partial charge in [-0.05, 0) is 28.1 Å². The molecule has 0 saturated carbocycles. The monoisotopic (exact) mass is 311 g/mol. The summed E-state index contributed by atoms with van der Waals surface area (Å²) < 4.78 is 24.8. The van der Waals surface area contributed by atoms with Gasteiger partial charge in [-0.1, -0.05) is 13.8 Å². The molecule has 0 aliphatic heterocycles. The van der Waals surface area contributed by atoms with E-state index in [0.717, 1.165) is 3.79 Å². The quantitative estimate of drug-likeness (QED) is 0.907. The van der Waals surface area contributed by atoms with Crippen LogP contribution in [0.2, 0.25) is 0 Å². The van der Waals surface area contributed by atoms with E-state index >= 15 is 0 Å². The van der Waals surface area contributed by atoms with Crippen molar-refractivity contribution in [3.8, 4) is 0 Å². The second-order valence-electron chi connectivity index (χ2n) is 3.49. The van der Waals surface area contributed by atoms with E-state index in [1.54, 1.807) is 12.1 Å². The zero-order valence-electron chi connectivity index (χ0n) is 8.66. The lowest BCUT2D eigenvalue weighted by molar-refractivity contribution is 0.579. The summed E-state index contributed by atoms with van der Waals surface area (Å²) >= 11 is 4.51. The Labute approximate surface area is 103 Å². The summed E-state index contributed by atoms with van der Waals surface area (Å²) in [6, 6.07) is 3.71. The van der Waals surface area contributed by atoms with Gasteiger partial charge in [0.25, 0.3) is 0 Å². The van der Waals surface area contributed by atoms with Crippen molar-refractivity contribution in [2.75, 3.05) is 12.3 Å². The minimum absolute atomic E-state index is 0.151. The Morgan fingerprint density at radius 1 is 1.47 bits per heavy atom. The normalized spacial score (nSPS) is 12.3. The topological polar surface area (TPSA) is 46.2 Å². The van der Waals surface area contributed by atoms with E-state index in [9.17, 15) is 8.42 Å². The number of nitrogens with one attached hydrogen (secondary N) is 1. The summed E-state index contributed by atoms with van der Waals surface area (Å²) in [6.07, 6.45) is 0. The Bertz CT molecular complexity index is 412. The molecule has 0 radical (unpaired) electrons. The maximum absolute atomic E-state index is 11.8. The predicted molar refractivity (Wildman–Crippen MR) is 67.2 cm³/mol. The van der Waals surface area contributed by atoms with Gasteiger partial charge in [0, 0.05) is 12.6 Å². The van der Waals surface area contributed by atoms with E-state index in [0.29, 0.717) is 16.8 Å². The molecule has 0 amide bonds. The van der Waals surface area contributed by atoms with E-state index < -0.39 is 9.84 Å². The Morgan fingerprint density at radius 3 is 2.60 bits per heavy atom. The first-order valence-electron chi connectivity index (χ1n) is 4.63. The SMILES string of the molecule is CC(C)NCCS(=O)(=O)c1ccc(Br)s1. The van der Waals surface area contributed by atoms with Gasteiger partial charge in [0.2, 0.25) is 0 Å². The second kappa shape index (κ2) is 5.43. The predicted octanol–water partition coefficient (Wildman–Crippen LogP) is 2.28. The maximum atomic E-state index is 11.8. The van der Waals surface area contributed by atoms with Gasteiger partial charge >= 0.3 is 0 Å². The van der Waals surface area contributed by atoms with Gasteiger partial charge in [-0.3, -0.25) is 0 Å². The summed E-state index contributed by atoms with van der Waals surface area (Å²) in [5.74, 6) is 0.151. The van der Waals surface area contributed by atoms with Crippen LogP contribution in [0, 0.1) is 0 Å². The molecule has 1 rings (SSSR count). The van der Waals surface area contributed by atoms with Crippen LogP contribution in [0.25, 0.3) is 0 Å². The molecule has 15 heavy (non-hydrogen) atoms. The van der Waals surface area contributed by atoms with Gasteiger partial charge in [-0.2, -0.15) is 0 Å². The number of hydrogen-bond donors (Lipinski definition) is 1. The van der Waals surface area contributed by atoms with Crippen molar-refractivity contribution in [1.82, 2.24) is 5.32 Å². The van der Waals surface area contributed by atoms with Gasteiger partial charge in [-0.25, -0.2) is 8.42 Å². The molecule has 0 aromatic carbocycles. The van der Waals surface area contributed by atoms with Gasteiger partial charge < -0.3 is 5.32 Å². The van der Waals surface area contributed by atoms with E-state index in [2.05, 4.69) is 21.2 Å². The Kier molecular flexibility index (Phi) is 4.76. The molecular weight excluding hydrogens is 298 g/mol. The molecule has 3 nitrogen and oxygen atoms in total. The van der Waals surface area contributed by atoms with Crippen molar-refractivity contribution in [1.29, 1.82) is 0 Å². The van der Waals surface area contributed by atoms with Crippen molar-refractivity contribution < 1.29 is 8.42 Å². The van der Waals surface area contributed by atoms with E-state index in [1.165, 1.54) is 11.3 Å². The van der Waals surface area contributed by atoms with Gasteiger partial charge in [-0.15, -0.1) is 11.3 Å². The number of thiophene rings is 1. The first kappa shape index (κ1) is 13.2. The van der Waals surface area contributed by atoms with Crippen LogP contribution in [0.15, 0.2) is 20.1 Å². The fraction of sp³-hybridized carbons (Fsp3) is 0.556. The first-order chi connectivity index (χ1) is 6.92. The lowest BCUT2D eigenvalue weighted by Gasteiger charge is -2.07. The largest absolute Gasteiger partial charge is 0.314 e. The standard InChI is InChI=1S/C9H14BrNO2S2/c1-7(2)11-5-6-15(12,13)9-4-3-8(10)14-9/h3-4,7,11H,5-6H2,1-2H3. The highest BCUT2D eigenvalue weighted by Crippen LogP contribution is 2.26. The third kappa shape index (κ3) is 4.22. The molecule has 0 unspecified atom stereocenters. The third-order valence-electron chi connectivity index (χ3n) is 1.78. The molecule has 0 aliphatic rings. The Balaban J connectivity index is 2.60. The molecule has 1 N–H and O–H groups in total. The molecular formula is C9H14BrNO2S2. The molecule has 0 spiro atoms. The molecule has 0 fully saturated rings. The fourth-order valence-electron chi connectivity index (χ4n) is 1.05. The van der Waals surface area contributed by atoms with Crippen LogP contribution in [-0.2, 0) is 9.84 Å². The van der Waals surface area contributed by atoms with E-state index in [1.807, 2.05) is 13.8 Å². The van der Waals surface area contributed by atoms with Crippen molar-refractivity contribution >= 4 is 37.1 Å². The van der Waals surface area contributed by atoms with Crippen LogP contribution in [0.4, 0.5) is 0 Å². The number of rotatable bonds is 5. The first-order valence-corrected chi connectivity index (χ1v) is 7.89. The van der Waals surface area contributed by atoms with Crippen molar-refractivity contribution in [3.05, 3.63) is 15.9 Å². The highest BCUT2D eigenvalue weighted by Gasteiger charge is 2.16. The van der Waals surface area contributed by atoms with Crippen LogP contribution < -0.4 is 5.32 Å². The van der Waals surface area contributed by atoms with Crippen molar-refractivity contribution in [2.45, 2.75) is 24.1 Å². The summed E-state index contributed by atoms with van der Waals surface area (Å²) in [6.45, 7) is 4.48. The number of halogens is 1. The van der Waals surface area contributed by atoms with Crippen LogP contribution in [-0.4, -0.2) is 26.8 Å². The van der Waals surface area contributed by atoms with Gasteiger partial charge in [0.15, 0.2) is 9.84 Å². The molecule has 0 bridgehead atoms. The lowest BCUT2D eigenvalue weighted by atomic mass is 10.4. The van der Waals surface area contributed by atoms with Gasteiger partial charge in [0.05, 0.1) is 9.54 Å². The Hall–Kier alpha value is 0.0900. The molecule has 0 aliphatic carbocycles. The average molecular weight is 312 g/mol. The van der Waals surface area contributed by atoms with Crippen LogP contribution in [0.5, 0.6) is 0 Å². The third-order valence-corrected chi connectivity index (χ3v) is 5.70. The second-order valence-corrected chi connectivity index (χ2v) is 8.29. The minimum atomic E-state index is -3.11. The molecule has 0 atom stereocenters. The molecule has 86 valence electrons. The summed E-state index contributed by atoms with van der Waals surface area (Å²) in [4.78, 5) is 0. The zero-order valence-corrected chi connectivity index (χ0v) is 11.9. The summed E-state index contributed by atoms with van der Waals surface area (Å²) in [5.41, 5.74) is 0. The molecule has 6 heteroatoms. The van der Waals surface area contributed by atoms with Crippen LogP contribution >= 0.6 is 27.3 Å². The van der Waals surface area contributed by atoms with Crippen molar-refractivity contribution in [2.24, 2.45) is 0 Å². The average Bonchev–Trinajstić information content (AvgIpc) is 2.51. The summed E-state index contributed by atoms with van der Waals surface area (Å²) in [7, 11) is -3.11. The van der Waals surface area contributed by atoms with Crippen LogP contribution in [0.3, 0.4) is 0 Å². The zero-order chi connectivity index (χ0) is 11.5. The van der Waals surface area contributed by atoms with E-state index in [4.69, 9.17) is 0 Å². The lowest BCUT2D eigenvalue weighted by Crippen LogP contribution is -2.28. The fourth-order valence-corrected chi connectivity index (χ4v) is 4.38. The molecule has 1 aromatic rings. The number of sulfone groups is 1. The minimum Gasteiger partial charge on any atom is -0.314 e.